The van der Waals surface area contributed by atoms with Gasteiger partial charge in [-0.2, -0.15) is 0 Å². The maximum absolute atomic E-state index is 5.76. The van der Waals surface area contributed by atoms with Crippen molar-refractivity contribution in [1.82, 2.24) is 0 Å². The van der Waals surface area contributed by atoms with E-state index in [2.05, 4.69) is 57.8 Å². The first kappa shape index (κ1) is 16.0. The van der Waals surface area contributed by atoms with Crippen LogP contribution in [0.15, 0.2) is 18.2 Å². The highest BCUT2D eigenvalue weighted by Crippen LogP contribution is 2.24. The van der Waals surface area contributed by atoms with E-state index < -0.39 is 0 Å². The molecule has 106 valence electrons. The lowest BCUT2D eigenvalue weighted by molar-refractivity contribution is 0.461. The molecular formula is C16H26N2S. The second kappa shape index (κ2) is 6.38. The predicted molar refractivity (Wildman–Crippen MR) is 89.0 cm³/mol. The Morgan fingerprint density at radius 3 is 2.21 bits per heavy atom. The molecule has 0 aliphatic carbocycles. The summed E-state index contributed by atoms with van der Waals surface area (Å²) in [6.07, 6.45) is 2.12. The molecule has 0 atom stereocenters. The summed E-state index contributed by atoms with van der Waals surface area (Å²) < 4.78 is 0. The van der Waals surface area contributed by atoms with Crippen molar-refractivity contribution >= 4 is 22.9 Å². The summed E-state index contributed by atoms with van der Waals surface area (Å²) in [6, 6.07) is 6.66. The van der Waals surface area contributed by atoms with Crippen LogP contribution in [0.2, 0.25) is 0 Å². The van der Waals surface area contributed by atoms with Crippen LogP contribution in [0.5, 0.6) is 0 Å². The summed E-state index contributed by atoms with van der Waals surface area (Å²) in [6.45, 7) is 9.54. The second-order valence-corrected chi connectivity index (χ2v) is 6.56. The Balaban J connectivity index is 2.56. The summed E-state index contributed by atoms with van der Waals surface area (Å²) in [5.74, 6) is 0. The molecule has 0 amide bonds. The van der Waals surface area contributed by atoms with E-state index in [0.717, 1.165) is 19.4 Å². The summed E-state index contributed by atoms with van der Waals surface area (Å²) in [4.78, 5) is 2.91. The fourth-order valence-electron chi connectivity index (χ4n) is 2.18. The molecule has 0 unspecified atom stereocenters. The number of aryl methyl sites for hydroxylation is 2. The summed E-state index contributed by atoms with van der Waals surface area (Å²) in [5, 5.41) is 0. The largest absolute Gasteiger partial charge is 0.393 e. The van der Waals surface area contributed by atoms with Gasteiger partial charge in [0.15, 0.2) is 0 Å². The Kier molecular flexibility index (Phi) is 5.36. The second-order valence-electron chi connectivity index (χ2n) is 6.12. The summed E-state index contributed by atoms with van der Waals surface area (Å²) in [7, 11) is 2.14. The molecule has 1 aromatic rings. The predicted octanol–water partition coefficient (Wildman–Crippen LogP) is 3.83. The summed E-state index contributed by atoms with van der Waals surface area (Å²) in [5.41, 5.74) is 9.62. The number of rotatable bonds is 6. The molecule has 1 rings (SSSR count). The van der Waals surface area contributed by atoms with Crippen molar-refractivity contribution in [2.45, 2.75) is 40.5 Å². The first-order valence-electron chi connectivity index (χ1n) is 6.82. The quantitative estimate of drug-likeness (QED) is 0.802. The van der Waals surface area contributed by atoms with Crippen molar-refractivity contribution in [3.05, 3.63) is 29.3 Å². The molecule has 2 N–H and O–H groups in total. The van der Waals surface area contributed by atoms with Crippen molar-refractivity contribution in [2.75, 3.05) is 18.5 Å². The molecule has 0 radical (unpaired) electrons. The SMILES string of the molecule is Cc1cc(C)cc(N(C)CCCC(C)(C)C(N)=S)c1. The fraction of sp³-hybridized carbons (Fsp3) is 0.562. The van der Waals surface area contributed by atoms with Gasteiger partial charge in [0.25, 0.3) is 0 Å². The van der Waals surface area contributed by atoms with Gasteiger partial charge in [0.2, 0.25) is 0 Å². The molecule has 19 heavy (non-hydrogen) atoms. The lowest BCUT2D eigenvalue weighted by Gasteiger charge is -2.26. The van der Waals surface area contributed by atoms with Gasteiger partial charge in [0.1, 0.15) is 0 Å². The number of hydrogen-bond donors (Lipinski definition) is 1. The molecule has 0 spiro atoms. The first-order valence-corrected chi connectivity index (χ1v) is 7.22. The zero-order chi connectivity index (χ0) is 14.6. The average Bonchev–Trinajstić information content (AvgIpc) is 2.27. The third-order valence-electron chi connectivity index (χ3n) is 3.61. The van der Waals surface area contributed by atoms with E-state index in [1.54, 1.807) is 0 Å². The van der Waals surface area contributed by atoms with E-state index >= 15 is 0 Å². The van der Waals surface area contributed by atoms with Crippen LogP contribution in [-0.2, 0) is 0 Å². The van der Waals surface area contributed by atoms with Gasteiger partial charge in [-0.3, -0.25) is 0 Å². The molecule has 2 nitrogen and oxygen atoms in total. The van der Waals surface area contributed by atoms with Crippen molar-refractivity contribution in [3.8, 4) is 0 Å². The Morgan fingerprint density at radius 2 is 1.74 bits per heavy atom. The topological polar surface area (TPSA) is 29.3 Å². The highest BCUT2D eigenvalue weighted by atomic mass is 32.1. The fourth-order valence-corrected chi connectivity index (χ4v) is 2.28. The Morgan fingerprint density at radius 1 is 1.21 bits per heavy atom. The minimum Gasteiger partial charge on any atom is -0.393 e. The van der Waals surface area contributed by atoms with Crippen LogP contribution in [-0.4, -0.2) is 18.6 Å². The van der Waals surface area contributed by atoms with Gasteiger partial charge >= 0.3 is 0 Å². The lowest BCUT2D eigenvalue weighted by Crippen LogP contribution is -2.31. The monoisotopic (exact) mass is 278 g/mol. The number of hydrogen-bond acceptors (Lipinski definition) is 2. The number of anilines is 1. The van der Waals surface area contributed by atoms with Crippen molar-refractivity contribution in [3.63, 3.8) is 0 Å². The molecule has 0 aliphatic heterocycles. The van der Waals surface area contributed by atoms with Crippen LogP contribution in [0, 0.1) is 19.3 Å². The van der Waals surface area contributed by atoms with Crippen LogP contribution in [0.4, 0.5) is 5.69 Å². The van der Waals surface area contributed by atoms with Crippen LogP contribution in [0.1, 0.15) is 37.8 Å². The number of thiocarbonyl (C=S) groups is 1. The van der Waals surface area contributed by atoms with Gasteiger partial charge < -0.3 is 10.6 Å². The van der Waals surface area contributed by atoms with E-state index in [0.29, 0.717) is 4.99 Å². The molecule has 3 heteroatoms. The smallest absolute Gasteiger partial charge is 0.0784 e. The molecule has 0 saturated carbocycles. The first-order chi connectivity index (χ1) is 8.72. The molecular weight excluding hydrogens is 252 g/mol. The zero-order valence-electron chi connectivity index (χ0n) is 12.8. The highest BCUT2D eigenvalue weighted by molar-refractivity contribution is 7.80. The minimum absolute atomic E-state index is 0.0430. The lowest BCUT2D eigenvalue weighted by atomic mass is 9.88. The van der Waals surface area contributed by atoms with E-state index in [1.165, 1.54) is 16.8 Å². The summed E-state index contributed by atoms with van der Waals surface area (Å²) >= 11 is 5.10. The maximum atomic E-state index is 5.76. The Bertz CT molecular complexity index is 432. The third-order valence-corrected chi connectivity index (χ3v) is 4.16. The number of benzene rings is 1. The average molecular weight is 278 g/mol. The molecule has 0 aromatic heterocycles. The van der Waals surface area contributed by atoms with Crippen LogP contribution < -0.4 is 10.6 Å². The maximum Gasteiger partial charge on any atom is 0.0784 e. The normalized spacial score (nSPS) is 11.4. The molecule has 0 saturated heterocycles. The molecule has 0 aliphatic rings. The van der Waals surface area contributed by atoms with Crippen LogP contribution in [0.3, 0.4) is 0 Å². The standard InChI is InChI=1S/C16H26N2S/c1-12-9-13(2)11-14(10-12)18(5)8-6-7-16(3,4)15(17)19/h9-11H,6-8H2,1-5H3,(H2,17,19). The van der Waals surface area contributed by atoms with Crippen LogP contribution in [0.25, 0.3) is 0 Å². The van der Waals surface area contributed by atoms with Gasteiger partial charge in [-0.15, -0.1) is 0 Å². The highest BCUT2D eigenvalue weighted by Gasteiger charge is 2.20. The van der Waals surface area contributed by atoms with E-state index in [4.69, 9.17) is 18.0 Å². The Hall–Kier alpha value is -1.09. The molecule has 1 aromatic carbocycles. The zero-order valence-corrected chi connectivity index (χ0v) is 13.6. The van der Waals surface area contributed by atoms with E-state index in [1.807, 2.05) is 0 Å². The Labute approximate surface area is 123 Å². The van der Waals surface area contributed by atoms with Gasteiger partial charge in [-0.25, -0.2) is 0 Å². The van der Waals surface area contributed by atoms with Crippen LogP contribution >= 0.6 is 12.2 Å². The van der Waals surface area contributed by atoms with Gasteiger partial charge in [0, 0.05) is 24.7 Å². The molecule has 0 fully saturated rings. The molecule has 0 heterocycles. The minimum atomic E-state index is -0.0430. The van der Waals surface area contributed by atoms with E-state index in [9.17, 15) is 0 Å². The number of nitrogens with zero attached hydrogens (tertiary/aromatic N) is 1. The third kappa shape index (κ3) is 4.83. The van der Waals surface area contributed by atoms with Crippen molar-refractivity contribution in [2.24, 2.45) is 11.1 Å². The molecule has 0 bridgehead atoms. The number of nitrogens with two attached hydrogens (primary N) is 1. The van der Waals surface area contributed by atoms with Crippen molar-refractivity contribution < 1.29 is 0 Å². The van der Waals surface area contributed by atoms with Gasteiger partial charge in [0.05, 0.1) is 4.99 Å². The van der Waals surface area contributed by atoms with Gasteiger partial charge in [-0.05, 0) is 49.9 Å². The van der Waals surface area contributed by atoms with E-state index in [-0.39, 0.29) is 5.41 Å². The van der Waals surface area contributed by atoms with Gasteiger partial charge in [-0.1, -0.05) is 32.1 Å². The van der Waals surface area contributed by atoms with Crippen molar-refractivity contribution in [1.29, 1.82) is 0 Å².